The molecule has 0 aliphatic heterocycles. The standard InChI is InChI=1S/C20H27O3P/c1-19(2,3)22-15-7-11-17(12-8-15)24(21)18-13-9-16(10-14-18)23-20(4,5)6/h7-14,21H,1-6H3. The molecule has 3 nitrogen and oxygen atoms in total. The molecule has 2 rings (SSSR count). The largest absolute Gasteiger partial charge is 0.488 e. The maximum absolute atomic E-state index is 10.6. The van der Waals surface area contributed by atoms with Crippen molar-refractivity contribution in [2.24, 2.45) is 0 Å². The molecule has 0 saturated carbocycles. The fraction of sp³-hybridized carbons (Fsp3) is 0.400. The summed E-state index contributed by atoms with van der Waals surface area (Å²) in [6, 6.07) is 15.3. The smallest absolute Gasteiger partial charge is 0.120 e. The van der Waals surface area contributed by atoms with Gasteiger partial charge in [0, 0.05) is 10.6 Å². The van der Waals surface area contributed by atoms with Crippen LogP contribution in [-0.2, 0) is 0 Å². The van der Waals surface area contributed by atoms with E-state index in [0.29, 0.717) is 0 Å². The molecule has 0 aliphatic carbocycles. The average Bonchev–Trinajstić information content (AvgIpc) is 2.45. The van der Waals surface area contributed by atoms with Crippen LogP contribution in [0, 0.1) is 0 Å². The minimum Gasteiger partial charge on any atom is -0.488 e. The quantitative estimate of drug-likeness (QED) is 0.835. The molecule has 0 amide bonds. The summed E-state index contributed by atoms with van der Waals surface area (Å²) < 4.78 is 11.6. The van der Waals surface area contributed by atoms with Crippen LogP contribution in [0.4, 0.5) is 0 Å². The van der Waals surface area contributed by atoms with E-state index in [2.05, 4.69) is 0 Å². The van der Waals surface area contributed by atoms with Gasteiger partial charge in [-0.25, -0.2) is 0 Å². The minimum atomic E-state index is -1.37. The van der Waals surface area contributed by atoms with E-state index in [4.69, 9.17) is 9.47 Å². The molecule has 0 aromatic heterocycles. The Labute approximate surface area is 146 Å². The molecule has 0 radical (unpaired) electrons. The lowest BCUT2D eigenvalue weighted by atomic mass is 10.2. The molecule has 0 aliphatic rings. The van der Waals surface area contributed by atoms with Gasteiger partial charge in [-0.3, -0.25) is 0 Å². The third-order valence-corrected chi connectivity index (χ3v) is 4.59. The molecule has 0 saturated heterocycles. The molecule has 4 heteroatoms. The van der Waals surface area contributed by atoms with Crippen LogP contribution in [0.15, 0.2) is 48.5 Å². The Morgan fingerprint density at radius 2 is 0.917 bits per heavy atom. The van der Waals surface area contributed by atoms with Crippen LogP contribution in [0.5, 0.6) is 11.5 Å². The van der Waals surface area contributed by atoms with E-state index in [0.717, 1.165) is 22.1 Å². The monoisotopic (exact) mass is 346 g/mol. The lowest BCUT2D eigenvalue weighted by Gasteiger charge is -2.22. The predicted molar refractivity (Wildman–Crippen MR) is 102 cm³/mol. The number of benzene rings is 2. The molecule has 0 spiro atoms. The van der Waals surface area contributed by atoms with Crippen LogP contribution < -0.4 is 20.1 Å². The summed E-state index contributed by atoms with van der Waals surface area (Å²) in [4.78, 5) is 10.6. The van der Waals surface area contributed by atoms with E-state index in [1.165, 1.54) is 0 Å². The molecule has 2 aromatic carbocycles. The van der Waals surface area contributed by atoms with Crippen molar-refractivity contribution in [1.29, 1.82) is 0 Å². The van der Waals surface area contributed by atoms with Crippen molar-refractivity contribution < 1.29 is 14.4 Å². The van der Waals surface area contributed by atoms with Gasteiger partial charge in [-0.2, -0.15) is 0 Å². The van der Waals surface area contributed by atoms with E-state index < -0.39 is 8.15 Å². The molecular weight excluding hydrogens is 319 g/mol. The zero-order chi connectivity index (χ0) is 18.0. The highest BCUT2D eigenvalue weighted by molar-refractivity contribution is 7.67. The molecule has 2 aromatic rings. The van der Waals surface area contributed by atoms with Crippen molar-refractivity contribution in [3.8, 4) is 11.5 Å². The second-order valence-corrected chi connectivity index (χ2v) is 9.38. The highest BCUT2D eigenvalue weighted by Gasteiger charge is 2.15. The fourth-order valence-corrected chi connectivity index (χ4v) is 3.33. The van der Waals surface area contributed by atoms with Crippen LogP contribution in [0.1, 0.15) is 41.5 Å². The first-order valence-electron chi connectivity index (χ1n) is 8.11. The number of ether oxygens (including phenoxy) is 2. The Morgan fingerprint density at radius 1 is 0.625 bits per heavy atom. The Balaban J connectivity index is 2.09. The van der Waals surface area contributed by atoms with Crippen LogP contribution in [0.2, 0.25) is 0 Å². The lowest BCUT2D eigenvalue weighted by molar-refractivity contribution is 0.130. The van der Waals surface area contributed by atoms with E-state index >= 15 is 0 Å². The number of rotatable bonds is 4. The number of hydrogen-bond acceptors (Lipinski definition) is 3. The minimum absolute atomic E-state index is 0.228. The first-order valence-corrected chi connectivity index (χ1v) is 9.40. The van der Waals surface area contributed by atoms with Crippen LogP contribution in [0.25, 0.3) is 0 Å². The maximum atomic E-state index is 10.6. The topological polar surface area (TPSA) is 38.7 Å². The zero-order valence-electron chi connectivity index (χ0n) is 15.3. The lowest BCUT2D eigenvalue weighted by Crippen LogP contribution is -2.23. The fourth-order valence-electron chi connectivity index (χ4n) is 2.17. The summed E-state index contributed by atoms with van der Waals surface area (Å²) in [5, 5.41) is 1.80. The highest BCUT2D eigenvalue weighted by Crippen LogP contribution is 2.30. The van der Waals surface area contributed by atoms with Gasteiger partial charge in [0.2, 0.25) is 0 Å². The molecule has 0 unspecified atom stereocenters. The van der Waals surface area contributed by atoms with E-state index in [1.807, 2.05) is 90.1 Å². The van der Waals surface area contributed by atoms with Crippen LogP contribution in [0.3, 0.4) is 0 Å². The Morgan fingerprint density at radius 3 is 1.17 bits per heavy atom. The average molecular weight is 346 g/mol. The summed E-state index contributed by atoms with van der Waals surface area (Å²) in [5.41, 5.74) is -0.456. The van der Waals surface area contributed by atoms with Crippen LogP contribution >= 0.6 is 8.15 Å². The molecule has 0 atom stereocenters. The van der Waals surface area contributed by atoms with Gasteiger partial charge in [-0.15, -0.1) is 0 Å². The van der Waals surface area contributed by atoms with Crippen molar-refractivity contribution in [2.75, 3.05) is 0 Å². The Bertz CT molecular complexity index is 590. The van der Waals surface area contributed by atoms with Crippen molar-refractivity contribution in [3.05, 3.63) is 48.5 Å². The van der Waals surface area contributed by atoms with Gasteiger partial charge in [0.15, 0.2) is 0 Å². The van der Waals surface area contributed by atoms with Crippen molar-refractivity contribution in [3.63, 3.8) is 0 Å². The van der Waals surface area contributed by atoms with E-state index in [1.54, 1.807) is 0 Å². The van der Waals surface area contributed by atoms with Crippen molar-refractivity contribution in [2.45, 2.75) is 52.7 Å². The van der Waals surface area contributed by atoms with Gasteiger partial charge in [0.25, 0.3) is 0 Å². The Hall–Kier alpha value is -1.57. The summed E-state index contributed by atoms with van der Waals surface area (Å²) in [6.45, 7) is 12.1. The first kappa shape index (κ1) is 18.8. The number of hydrogen-bond donors (Lipinski definition) is 1. The van der Waals surface area contributed by atoms with Crippen molar-refractivity contribution in [1.82, 2.24) is 0 Å². The third-order valence-electron chi connectivity index (χ3n) is 3.01. The summed E-state index contributed by atoms with van der Waals surface area (Å²) >= 11 is 0. The molecular formula is C20H27O3P. The van der Waals surface area contributed by atoms with Gasteiger partial charge in [0.05, 0.1) is 8.15 Å². The molecule has 0 fully saturated rings. The normalized spacial score (nSPS) is 12.3. The molecule has 24 heavy (non-hydrogen) atoms. The SMILES string of the molecule is CC(C)(C)Oc1ccc(P(O)c2ccc(OC(C)(C)C)cc2)cc1. The zero-order valence-corrected chi connectivity index (χ0v) is 16.2. The van der Waals surface area contributed by atoms with Gasteiger partial charge in [0.1, 0.15) is 22.7 Å². The van der Waals surface area contributed by atoms with Gasteiger partial charge in [-0.1, -0.05) is 0 Å². The second-order valence-electron chi connectivity index (χ2n) is 7.73. The maximum Gasteiger partial charge on any atom is 0.120 e. The van der Waals surface area contributed by atoms with Crippen molar-refractivity contribution >= 4 is 18.8 Å². The summed E-state index contributed by atoms with van der Waals surface area (Å²) in [6.07, 6.45) is 0. The van der Waals surface area contributed by atoms with E-state index in [-0.39, 0.29) is 11.2 Å². The summed E-state index contributed by atoms with van der Waals surface area (Å²) in [5.74, 6) is 1.62. The van der Waals surface area contributed by atoms with Crippen LogP contribution in [-0.4, -0.2) is 16.1 Å². The first-order chi connectivity index (χ1) is 11.0. The molecule has 1 N–H and O–H groups in total. The highest BCUT2D eigenvalue weighted by atomic mass is 31.1. The van der Waals surface area contributed by atoms with Gasteiger partial charge < -0.3 is 14.4 Å². The molecule has 0 bridgehead atoms. The molecule has 130 valence electrons. The second kappa shape index (κ2) is 7.13. The van der Waals surface area contributed by atoms with Gasteiger partial charge >= 0.3 is 0 Å². The Kier molecular flexibility index (Phi) is 5.57. The third kappa shape index (κ3) is 5.81. The van der Waals surface area contributed by atoms with Gasteiger partial charge in [-0.05, 0) is 90.1 Å². The summed E-state index contributed by atoms with van der Waals surface area (Å²) in [7, 11) is -1.37. The molecule has 0 heterocycles. The van der Waals surface area contributed by atoms with E-state index in [9.17, 15) is 4.89 Å². The predicted octanol–water partition coefficient (Wildman–Crippen LogP) is 4.38.